The Balaban J connectivity index is 1.93. The molecule has 2 aliphatic rings. The van der Waals surface area contributed by atoms with Gasteiger partial charge in [0.05, 0.1) is 5.02 Å². The van der Waals surface area contributed by atoms with Crippen LogP contribution in [-0.2, 0) is 0 Å². The highest BCUT2D eigenvalue weighted by molar-refractivity contribution is 6.31. The summed E-state index contributed by atoms with van der Waals surface area (Å²) in [4.78, 5) is 2.49. The summed E-state index contributed by atoms with van der Waals surface area (Å²) in [6.45, 7) is 4.06. The van der Waals surface area contributed by atoms with Crippen LogP contribution in [0.25, 0.3) is 0 Å². The maximum atomic E-state index is 13.8. The number of piperazine rings is 1. The van der Waals surface area contributed by atoms with Gasteiger partial charge in [0.15, 0.2) is 0 Å². The smallest absolute Gasteiger partial charge is 0.142 e. The molecule has 0 radical (unpaired) electrons. The van der Waals surface area contributed by atoms with Crippen LogP contribution in [0.1, 0.15) is 37.3 Å². The second-order valence-electron chi connectivity index (χ2n) is 5.92. The van der Waals surface area contributed by atoms with Crippen molar-refractivity contribution in [2.24, 2.45) is 5.92 Å². The van der Waals surface area contributed by atoms with E-state index < -0.39 is 0 Å². The maximum absolute atomic E-state index is 13.8. The van der Waals surface area contributed by atoms with Crippen molar-refractivity contribution in [3.63, 3.8) is 0 Å². The zero-order valence-corrected chi connectivity index (χ0v) is 12.5. The Labute approximate surface area is 125 Å². The molecule has 0 amide bonds. The molecular weight excluding hydrogens is 275 g/mol. The number of hydrogen-bond donors (Lipinski definition) is 1. The van der Waals surface area contributed by atoms with Crippen LogP contribution in [0.5, 0.6) is 0 Å². The summed E-state index contributed by atoms with van der Waals surface area (Å²) in [6, 6.07) is 5.54. The Kier molecular flexibility index (Phi) is 4.59. The number of nitrogens with zero attached hydrogens (tertiary/aromatic N) is 1. The highest BCUT2D eigenvalue weighted by atomic mass is 35.5. The Morgan fingerprint density at radius 2 is 1.90 bits per heavy atom. The Morgan fingerprint density at radius 3 is 2.60 bits per heavy atom. The van der Waals surface area contributed by atoms with Crippen LogP contribution in [0, 0.1) is 11.7 Å². The van der Waals surface area contributed by atoms with Gasteiger partial charge in [-0.15, -0.1) is 0 Å². The molecule has 0 aromatic heterocycles. The lowest BCUT2D eigenvalue weighted by Gasteiger charge is -2.39. The van der Waals surface area contributed by atoms with Crippen LogP contribution < -0.4 is 5.32 Å². The van der Waals surface area contributed by atoms with Crippen LogP contribution in [0.2, 0.25) is 5.02 Å². The molecule has 4 heteroatoms. The minimum Gasteiger partial charge on any atom is -0.314 e. The van der Waals surface area contributed by atoms with Gasteiger partial charge in [-0.2, -0.15) is 0 Å². The van der Waals surface area contributed by atoms with E-state index in [1.165, 1.54) is 31.7 Å². The molecular formula is C16H22ClFN2. The molecule has 0 spiro atoms. The standard InChI is InChI=1S/C16H22ClFN2/c17-15-13(6-3-7-14(15)18)16(12-4-1-2-5-12)20-10-8-19-9-11-20/h3,6-7,12,16,19H,1-2,4-5,8-11H2/t16-/m1/s1. The van der Waals surface area contributed by atoms with Crippen molar-refractivity contribution in [3.8, 4) is 0 Å². The van der Waals surface area contributed by atoms with Gasteiger partial charge in [0.25, 0.3) is 0 Å². The fraction of sp³-hybridized carbons (Fsp3) is 0.625. The summed E-state index contributed by atoms with van der Waals surface area (Å²) < 4.78 is 13.8. The highest BCUT2D eigenvalue weighted by Gasteiger charge is 2.33. The third-order valence-electron chi connectivity index (χ3n) is 4.69. The Morgan fingerprint density at radius 1 is 1.20 bits per heavy atom. The lowest BCUT2D eigenvalue weighted by molar-refractivity contribution is 0.125. The van der Waals surface area contributed by atoms with Crippen molar-refractivity contribution in [2.45, 2.75) is 31.7 Å². The van der Waals surface area contributed by atoms with E-state index in [4.69, 9.17) is 11.6 Å². The van der Waals surface area contributed by atoms with Gasteiger partial charge < -0.3 is 5.32 Å². The monoisotopic (exact) mass is 296 g/mol. The van der Waals surface area contributed by atoms with Crippen LogP contribution >= 0.6 is 11.6 Å². The van der Waals surface area contributed by atoms with Crippen LogP contribution in [-0.4, -0.2) is 31.1 Å². The molecule has 1 heterocycles. The number of hydrogen-bond acceptors (Lipinski definition) is 2. The minimum absolute atomic E-state index is 0.280. The van der Waals surface area contributed by atoms with Gasteiger partial charge in [0, 0.05) is 32.2 Å². The molecule has 1 aliphatic heterocycles. The molecule has 2 nitrogen and oxygen atoms in total. The average molecular weight is 297 g/mol. The summed E-state index contributed by atoms with van der Waals surface area (Å²) in [5, 5.41) is 3.71. The quantitative estimate of drug-likeness (QED) is 0.916. The average Bonchev–Trinajstić information content (AvgIpc) is 2.99. The predicted molar refractivity (Wildman–Crippen MR) is 80.6 cm³/mol. The first-order valence-electron chi connectivity index (χ1n) is 7.66. The van der Waals surface area contributed by atoms with Gasteiger partial charge in [0.2, 0.25) is 0 Å². The van der Waals surface area contributed by atoms with Gasteiger partial charge in [-0.25, -0.2) is 4.39 Å². The topological polar surface area (TPSA) is 15.3 Å². The third-order valence-corrected chi connectivity index (χ3v) is 5.09. The first-order chi connectivity index (χ1) is 9.77. The number of rotatable bonds is 3. The second-order valence-corrected chi connectivity index (χ2v) is 6.30. The number of nitrogens with one attached hydrogen (secondary N) is 1. The summed E-state index contributed by atoms with van der Waals surface area (Å²) in [5.41, 5.74) is 0.987. The summed E-state index contributed by atoms with van der Waals surface area (Å²) in [6.07, 6.45) is 5.06. The van der Waals surface area contributed by atoms with Gasteiger partial charge >= 0.3 is 0 Å². The van der Waals surface area contributed by atoms with Crippen molar-refractivity contribution in [2.75, 3.05) is 26.2 Å². The van der Waals surface area contributed by atoms with Crippen LogP contribution in [0.15, 0.2) is 18.2 Å². The fourth-order valence-electron chi connectivity index (χ4n) is 3.73. The molecule has 2 fully saturated rings. The van der Waals surface area contributed by atoms with E-state index in [-0.39, 0.29) is 11.9 Å². The van der Waals surface area contributed by atoms with Crippen molar-refractivity contribution >= 4 is 11.6 Å². The van der Waals surface area contributed by atoms with E-state index in [1.54, 1.807) is 6.07 Å². The molecule has 3 rings (SSSR count). The van der Waals surface area contributed by atoms with Crippen LogP contribution in [0.4, 0.5) is 4.39 Å². The predicted octanol–water partition coefficient (Wildman–Crippen LogP) is 3.62. The zero-order chi connectivity index (χ0) is 13.9. The second kappa shape index (κ2) is 6.42. The third kappa shape index (κ3) is 2.85. The van der Waals surface area contributed by atoms with E-state index in [2.05, 4.69) is 10.2 Å². The first kappa shape index (κ1) is 14.3. The van der Waals surface area contributed by atoms with Crippen LogP contribution in [0.3, 0.4) is 0 Å². The van der Waals surface area contributed by atoms with Gasteiger partial charge in [0.1, 0.15) is 5.82 Å². The zero-order valence-electron chi connectivity index (χ0n) is 11.7. The molecule has 0 unspecified atom stereocenters. The summed E-state index contributed by atoms with van der Waals surface area (Å²) in [5.74, 6) is 0.328. The van der Waals surface area contributed by atoms with E-state index in [0.717, 1.165) is 31.7 Å². The molecule has 1 saturated heterocycles. The molecule has 0 bridgehead atoms. The largest absolute Gasteiger partial charge is 0.314 e. The SMILES string of the molecule is Fc1cccc([C@@H](C2CCCC2)N2CCNCC2)c1Cl. The first-order valence-corrected chi connectivity index (χ1v) is 8.04. The molecule has 1 aromatic rings. The van der Waals surface area contributed by atoms with Gasteiger partial charge in [-0.05, 0) is 30.4 Å². The molecule has 110 valence electrons. The molecule has 1 atom stereocenters. The maximum Gasteiger partial charge on any atom is 0.142 e. The summed E-state index contributed by atoms with van der Waals surface area (Å²) >= 11 is 6.27. The normalized spacial score (nSPS) is 23.1. The summed E-state index contributed by atoms with van der Waals surface area (Å²) in [7, 11) is 0. The van der Waals surface area contributed by atoms with Gasteiger partial charge in [-0.1, -0.05) is 36.6 Å². The van der Waals surface area contributed by atoms with E-state index in [1.807, 2.05) is 6.07 Å². The Hall–Kier alpha value is -0.640. The minimum atomic E-state index is -0.290. The van der Waals surface area contributed by atoms with Crippen molar-refractivity contribution in [3.05, 3.63) is 34.6 Å². The van der Waals surface area contributed by atoms with Crippen molar-refractivity contribution in [1.82, 2.24) is 10.2 Å². The highest BCUT2D eigenvalue weighted by Crippen LogP contribution is 2.42. The molecule has 1 aromatic carbocycles. The Bertz CT molecular complexity index is 454. The molecule has 1 N–H and O–H groups in total. The molecule has 20 heavy (non-hydrogen) atoms. The van der Waals surface area contributed by atoms with Crippen molar-refractivity contribution in [1.29, 1.82) is 0 Å². The number of halogens is 2. The van der Waals surface area contributed by atoms with E-state index in [0.29, 0.717) is 10.9 Å². The lowest BCUT2D eigenvalue weighted by atomic mass is 9.89. The fourth-order valence-corrected chi connectivity index (χ4v) is 3.97. The molecule has 1 aliphatic carbocycles. The van der Waals surface area contributed by atoms with E-state index >= 15 is 0 Å². The van der Waals surface area contributed by atoms with Crippen molar-refractivity contribution < 1.29 is 4.39 Å². The lowest BCUT2D eigenvalue weighted by Crippen LogP contribution is -2.46. The van der Waals surface area contributed by atoms with E-state index in [9.17, 15) is 4.39 Å². The molecule has 1 saturated carbocycles. The number of benzene rings is 1. The van der Waals surface area contributed by atoms with Gasteiger partial charge in [-0.3, -0.25) is 4.90 Å².